The number of aromatic nitrogens is 2. The van der Waals surface area contributed by atoms with E-state index in [1.54, 1.807) is 6.20 Å². The van der Waals surface area contributed by atoms with E-state index in [0.717, 1.165) is 42.9 Å². The summed E-state index contributed by atoms with van der Waals surface area (Å²) in [4.78, 5) is 24.4. The van der Waals surface area contributed by atoms with Gasteiger partial charge in [0.05, 0.1) is 23.2 Å². The third kappa shape index (κ3) is 7.04. The minimum absolute atomic E-state index is 0.386. The van der Waals surface area contributed by atoms with Crippen LogP contribution in [0.4, 0.5) is 5.69 Å². The lowest BCUT2D eigenvalue weighted by Gasteiger charge is -2.42. The molecule has 8 nitrogen and oxygen atoms in total. The molecule has 2 fully saturated rings. The highest BCUT2D eigenvalue weighted by Gasteiger charge is 2.40. The summed E-state index contributed by atoms with van der Waals surface area (Å²) in [6, 6.07) is 13.4. The van der Waals surface area contributed by atoms with Crippen LogP contribution in [0.25, 0.3) is 11.3 Å². The number of piperidine rings is 1. The molecule has 0 radical (unpaired) electrons. The van der Waals surface area contributed by atoms with Crippen molar-refractivity contribution in [2.45, 2.75) is 77.9 Å². The van der Waals surface area contributed by atoms with Gasteiger partial charge in [-0.15, -0.1) is 0 Å². The number of aryl methyl sites for hydroxylation is 1. The van der Waals surface area contributed by atoms with Crippen molar-refractivity contribution in [3.63, 3.8) is 0 Å². The maximum Gasteiger partial charge on any atom is 0.337 e. The fraction of sp³-hybridized carbons (Fsp3) is 0.500. The molecule has 1 atom stereocenters. The molecule has 1 aromatic carbocycles. The summed E-state index contributed by atoms with van der Waals surface area (Å²) in [6.45, 7) is 10.1. The topological polar surface area (TPSA) is 94.0 Å². The molecule has 8 heteroatoms. The van der Waals surface area contributed by atoms with Crippen LogP contribution in [0, 0.1) is 12.3 Å². The Morgan fingerprint density at radius 2 is 1.60 bits per heavy atom. The second kappa shape index (κ2) is 12.7. The Morgan fingerprint density at radius 1 is 0.929 bits per heavy atom. The molecule has 2 aliphatic rings. The number of hydrogen-bond donors (Lipinski definition) is 1. The Morgan fingerprint density at radius 3 is 2.19 bits per heavy atom. The number of para-hydroxylation sites is 1. The van der Waals surface area contributed by atoms with Crippen molar-refractivity contribution in [3.05, 3.63) is 66.1 Å². The van der Waals surface area contributed by atoms with Crippen LogP contribution in [-0.2, 0) is 9.53 Å². The summed E-state index contributed by atoms with van der Waals surface area (Å²) >= 11 is 0. The summed E-state index contributed by atoms with van der Waals surface area (Å²) in [7, 11) is 0. The zero-order valence-corrected chi connectivity index (χ0v) is 25.3. The Hall–Kier alpha value is -3.65. The minimum atomic E-state index is -1.15. The predicted molar refractivity (Wildman–Crippen MR) is 163 cm³/mol. The first-order chi connectivity index (χ1) is 20.1. The number of pyridine rings is 2. The van der Waals surface area contributed by atoms with E-state index in [2.05, 4.69) is 9.88 Å². The molecule has 0 amide bonds. The molecular weight excluding hydrogens is 530 g/mol. The Kier molecular flexibility index (Phi) is 9.02. The summed E-state index contributed by atoms with van der Waals surface area (Å²) in [5.41, 5.74) is 3.43. The molecule has 1 N–H and O–H groups in total. The summed E-state index contributed by atoms with van der Waals surface area (Å²) < 4.78 is 17.8. The number of benzene rings is 1. The largest absolute Gasteiger partial charge is 0.490 e. The van der Waals surface area contributed by atoms with Crippen molar-refractivity contribution in [2.75, 3.05) is 31.2 Å². The third-order valence-electron chi connectivity index (χ3n) is 8.43. The van der Waals surface area contributed by atoms with Crippen LogP contribution in [0.1, 0.15) is 76.7 Å². The lowest BCUT2D eigenvalue weighted by Crippen LogP contribution is -2.40. The molecule has 5 rings (SSSR count). The molecule has 1 aliphatic carbocycles. The van der Waals surface area contributed by atoms with Crippen molar-refractivity contribution in [3.8, 4) is 22.8 Å². The predicted octanol–water partition coefficient (Wildman–Crippen LogP) is 7.01. The highest BCUT2D eigenvalue weighted by molar-refractivity contribution is 5.85. The van der Waals surface area contributed by atoms with Gasteiger partial charge >= 0.3 is 5.97 Å². The quantitative estimate of drug-likeness (QED) is 0.259. The number of rotatable bonds is 10. The first-order valence-electron chi connectivity index (χ1n) is 15.1. The van der Waals surface area contributed by atoms with Gasteiger partial charge in [0.1, 0.15) is 24.7 Å². The monoisotopic (exact) mass is 573 g/mol. The number of aliphatic carboxylic acids is 1. The number of hydrogen-bond acceptors (Lipinski definition) is 7. The average molecular weight is 574 g/mol. The van der Waals surface area contributed by atoms with E-state index < -0.39 is 17.7 Å². The van der Waals surface area contributed by atoms with Crippen molar-refractivity contribution < 1.29 is 24.1 Å². The fourth-order valence-corrected chi connectivity index (χ4v) is 6.33. The third-order valence-corrected chi connectivity index (χ3v) is 8.43. The van der Waals surface area contributed by atoms with Crippen LogP contribution in [0.3, 0.4) is 0 Å². The van der Waals surface area contributed by atoms with Crippen LogP contribution in [0.15, 0.2) is 54.9 Å². The lowest BCUT2D eigenvalue weighted by molar-refractivity contribution is -0.160. The SMILES string of the molecule is Cc1ncc(-c2ccc(OCCOc3ccccc3)cn2)c(N2CCC3(CCCC3)CC2)c1[C@H](OC(C)(C)C)C(=O)O. The summed E-state index contributed by atoms with van der Waals surface area (Å²) in [5, 5.41) is 10.4. The molecule has 0 unspecified atom stereocenters. The van der Waals surface area contributed by atoms with Gasteiger partial charge in [0.2, 0.25) is 0 Å². The van der Waals surface area contributed by atoms with Gasteiger partial charge in [0.25, 0.3) is 0 Å². The number of carboxylic acid groups (broad SMARTS) is 1. The lowest BCUT2D eigenvalue weighted by atomic mass is 9.76. The van der Waals surface area contributed by atoms with Gasteiger partial charge in [-0.05, 0) is 83.1 Å². The van der Waals surface area contributed by atoms with E-state index in [1.165, 1.54) is 25.7 Å². The van der Waals surface area contributed by atoms with Crippen LogP contribution >= 0.6 is 0 Å². The second-order valence-corrected chi connectivity index (χ2v) is 12.6. The van der Waals surface area contributed by atoms with E-state index in [9.17, 15) is 9.90 Å². The van der Waals surface area contributed by atoms with Gasteiger partial charge in [-0.25, -0.2) is 4.79 Å². The highest BCUT2D eigenvalue weighted by Crippen LogP contribution is 2.49. The smallest absolute Gasteiger partial charge is 0.337 e. The Balaban J connectivity index is 1.42. The second-order valence-electron chi connectivity index (χ2n) is 12.6. The van der Waals surface area contributed by atoms with Gasteiger partial charge in [0, 0.05) is 36.1 Å². The van der Waals surface area contributed by atoms with Gasteiger partial charge in [-0.1, -0.05) is 31.0 Å². The molecular formula is C34H43N3O5. The van der Waals surface area contributed by atoms with E-state index in [1.807, 2.05) is 76.4 Å². The summed E-state index contributed by atoms with van der Waals surface area (Å²) in [6.07, 6.45) is 9.78. The van der Waals surface area contributed by atoms with Gasteiger partial charge in [-0.3, -0.25) is 9.97 Å². The van der Waals surface area contributed by atoms with Crippen molar-refractivity contribution in [1.82, 2.24) is 9.97 Å². The molecule has 1 saturated carbocycles. The van der Waals surface area contributed by atoms with Gasteiger partial charge < -0.3 is 24.2 Å². The van der Waals surface area contributed by atoms with Gasteiger partial charge in [0.15, 0.2) is 6.10 Å². The molecule has 1 saturated heterocycles. The zero-order valence-electron chi connectivity index (χ0n) is 25.3. The van der Waals surface area contributed by atoms with E-state index in [0.29, 0.717) is 41.3 Å². The number of nitrogens with zero attached hydrogens (tertiary/aromatic N) is 3. The van der Waals surface area contributed by atoms with Crippen molar-refractivity contribution in [1.29, 1.82) is 0 Å². The van der Waals surface area contributed by atoms with Crippen LogP contribution in [0.5, 0.6) is 11.5 Å². The fourth-order valence-electron chi connectivity index (χ4n) is 6.33. The highest BCUT2D eigenvalue weighted by atomic mass is 16.5. The number of ether oxygens (including phenoxy) is 3. The van der Waals surface area contributed by atoms with Gasteiger partial charge in [-0.2, -0.15) is 0 Å². The zero-order chi connectivity index (χ0) is 29.7. The number of anilines is 1. The van der Waals surface area contributed by atoms with E-state index in [-0.39, 0.29) is 0 Å². The van der Waals surface area contributed by atoms with Crippen LogP contribution in [0.2, 0.25) is 0 Å². The van der Waals surface area contributed by atoms with E-state index in [4.69, 9.17) is 19.2 Å². The normalized spacial score (nSPS) is 17.3. The van der Waals surface area contributed by atoms with Crippen molar-refractivity contribution >= 4 is 11.7 Å². The average Bonchev–Trinajstić information content (AvgIpc) is 3.43. The molecule has 0 bridgehead atoms. The Bertz CT molecular complexity index is 1340. The minimum Gasteiger partial charge on any atom is -0.490 e. The molecule has 3 aromatic rings. The van der Waals surface area contributed by atoms with Crippen molar-refractivity contribution in [2.24, 2.45) is 5.41 Å². The maximum atomic E-state index is 12.7. The molecule has 224 valence electrons. The molecule has 42 heavy (non-hydrogen) atoms. The Labute approximate surface area is 249 Å². The molecule has 1 aliphatic heterocycles. The summed E-state index contributed by atoms with van der Waals surface area (Å²) in [5.74, 6) is 0.418. The standard InChI is InChI=1S/C34H43N3O5/c1-24-29(31(32(38)39)42-33(2,3)4)30(37-18-16-34(17-19-37)14-8-9-15-34)27(23-35-24)28-13-12-26(22-36-28)41-21-20-40-25-10-6-5-7-11-25/h5-7,10-13,22-23,31H,8-9,14-21H2,1-4H3,(H,38,39)/t31-/m0/s1. The van der Waals surface area contributed by atoms with Crippen LogP contribution < -0.4 is 14.4 Å². The molecule has 2 aromatic heterocycles. The number of carbonyl (C=O) groups is 1. The van der Waals surface area contributed by atoms with E-state index >= 15 is 0 Å². The first-order valence-corrected chi connectivity index (χ1v) is 15.1. The van der Waals surface area contributed by atoms with Crippen LogP contribution in [-0.4, -0.2) is 52.9 Å². The first kappa shape index (κ1) is 29.8. The maximum absolute atomic E-state index is 12.7. The molecule has 1 spiro atoms. The number of carboxylic acids is 1. The molecule has 3 heterocycles.